The fourth-order valence-corrected chi connectivity index (χ4v) is 9.14. The lowest BCUT2D eigenvalue weighted by atomic mass is 9.47. The van der Waals surface area contributed by atoms with Crippen LogP contribution in [0.5, 0.6) is 0 Å². The van der Waals surface area contributed by atoms with Crippen LogP contribution in [0.3, 0.4) is 0 Å². The minimum Gasteiger partial charge on any atom is -0.446 e. The molecule has 42 heavy (non-hydrogen) atoms. The third kappa shape index (κ3) is 5.88. The Bertz CT molecular complexity index is 1350. The zero-order valence-electron chi connectivity index (χ0n) is 24.9. The van der Waals surface area contributed by atoms with Gasteiger partial charge in [-0.1, -0.05) is 49.2 Å². The third-order valence-corrected chi connectivity index (χ3v) is 11.3. The van der Waals surface area contributed by atoms with Gasteiger partial charge >= 0.3 is 6.09 Å². The Labute approximate surface area is 254 Å². The van der Waals surface area contributed by atoms with Gasteiger partial charge in [-0.25, -0.2) is 4.79 Å². The van der Waals surface area contributed by atoms with Crippen LogP contribution >= 0.6 is 11.6 Å². The zero-order chi connectivity index (χ0) is 30.1. The Hall–Kier alpha value is -3.11. The standard InChI is InChI=1S/C34H42ClN3O4/c1-21(39)28-9-10-29-27-8-7-24-19-26(11-13-33(24,2)30(27)12-14-34(28,29)3)42-32(41)38-16-15-37-31(40)23(20-36)17-22-5-4-6-25(35)18-22/h4-7,17-18,26-30H,8-16,19H2,1-3H3,(H,37,40)(H,38,41)/b23-17+/t26-,27-,28+,29-,30-,33-,34+/m0/s1. The number of fused-ring (bicyclic) bond motifs is 5. The number of rotatable bonds is 7. The van der Waals surface area contributed by atoms with E-state index < -0.39 is 12.0 Å². The van der Waals surface area contributed by atoms with Gasteiger partial charge in [-0.3, -0.25) is 9.59 Å². The monoisotopic (exact) mass is 591 g/mol. The van der Waals surface area contributed by atoms with Crippen LogP contribution in [0.2, 0.25) is 5.02 Å². The maximum Gasteiger partial charge on any atom is 0.407 e. The van der Waals surface area contributed by atoms with E-state index in [2.05, 4.69) is 30.6 Å². The van der Waals surface area contributed by atoms with Crippen molar-refractivity contribution in [1.29, 1.82) is 5.26 Å². The fraction of sp³-hybridized carbons (Fsp3) is 0.588. The van der Waals surface area contributed by atoms with Gasteiger partial charge in [0.1, 0.15) is 23.5 Å². The first-order valence-corrected chi connectivity index (χ1v) is 15.7. The average molecular weight is 592 g/mol. The van der Waals surface area contributed by atoms with Crippen molar-refractivity contribution in [2.45, 2.75) is 78.2 Å². The van der Waals surface area contributed by atoms with Gasteiger partial charge in [-0.05, 0) is 104 Å². The number of benzene rings is 1. The summed E-state index contributed by atoms with van der Waals surface area (Å²) < 4.78 is 5.80. The van der Waals surface area contributed by atoms with E-state index in [0.29, 0.717) is 34.1 Å². The summed E-state index contributed by atoms with van der Waals surface area (Å²) in [5, 5.41) is 15.3. The number of ketones is 1. The van der Waals surface area contributed by atoms with Crippen LogP contribution in [0, 0.1) is 45.8 Å². The van der Waals surface area contributed by atoms with E-state index in [1.54, 1.807) is 31.2 Å². The van der Waals surface area contributed by atoms with Gasteiger partial charge in [0, 0.05) is 30.5 Å². The average Bonchev–Trinajstić information content (AvgIpc) is 3.32. The maximum atomic E-state index is 12.6. The van der Waals surface area contributed by atoms with E-state index in [1.807, 2.05) is 6.07 Å². The van der Waals surface area contributed by atoms with Gasteiger partial charge in [0.25, 0.3) is 5.91 Å². The van der Waals surface area contributed by atoms with Crippen molar-refractivity contribution in [3.8, 4) is 6.07 Å². The minimum absolute atomic E-state index is 0.0395. The second-order valence-electron chi connectivity index (χ2n) is 13.2. The van der Waals surface area contributed by atoms with Crippen LogP contribution in [0.4, 0.5) is 4.79 Å². The summed E-state index contributed by atoms with van der Waals surface area (Å²) in [4.78, 5) is 37.4. The molecule has 1 aromatic carbocycles. The molecule has 3 fully saturated rings. The molecular weight excluding hydrogens is 550 g/mol. The van der Waals surface area contributed by atoms with Crippen LogP contribution in [0.25, 0.3) is 6.08 Å². The molecule has 0 unspecified atom stereocenters. The first-order valence-electron chi connectivity index (χ1n) is 15.3. The van der Waals surface area contributed by atoms with Crippen molar-refractivity contribution in [1.82, 2.24) is 10.6 Å². The first kappa shape index (κ1) is 30.4. The molecule has 2 N–H and O–H groups in total. The first-order chi connectivity index (χ1) is 20.0. The minimum atomic E-state index is -0.515. The molecule has 0 radical (unpaired) electrons. The van der Waals surface area contributed by atoms with Crippen LogP contribution in [-0.4, -0.2) is 37.0 Å². The number of halogens is 1. The molecule has 0 aliphatic heterocycles. The van der Waals surface area contributed by atoms with Gasteiger partial charge in [0.2, 0.25) is 0 Å². The second kappa shape index (κ2) is 12.2. The molecule has 7 nitrogen and oxygen atoms in total. The lowest BCUT2D eigenvalue weighted by molar-refractivity contribution is -0.127. The van der Waals surface area contributed by atoms with Crippen molar-refractivity contribution in [2.24, 2.45) is 34.5 Å². The fourth-order valence-electron chi connectivity index (χ4n) is 8.94. The van der Waals surface area contributed by atoms with Crippen molar-refractivity contribution < 1.29 is 19.1 Å². The van der Waals surface area contributed by atoms with Crippen molar-refractivity contribution >= 4 is 35.5 Å². The summed E-state index contributed by atoms with van der Waals surface area (Å²) in [6.45, 7) is 6.95. The predicted molar refractivity (Wildman–Crippen MR) is 162 cm³/mol. The van der Waals surface area contributed by atoms with Crippen molar-refractivity contribution in [3.63, 3.8) is 0 Å². The van der Waals surface area contributed by atoms with Crippen LogP contribution in [-0.2, 0) is 14.3 Å². The van der Waals surface area contributed by atoms with Crippen LogP contribution < -0.4 is 10.6 Å². The van der Waals surface area contributed by atoms with E-state index in [9.17, 15) is 19.6 Å². The molecule has 3 saturated carbocycles. The quantitative estimate of drug-likeness (QED) is 0.160. The number of nitrogens with one attached hydrogen (secondary N) is 2. The number of ether oxygens (including phenoxy) is 1. The summed E-state index contributed by atoms with van der Waals surface area (Å²) >= 11 is 5.98. The van der Waals surface area contributed by atoms with E-state index in [4.69, 9.17) is 16.3 Å². The molecule has 4 aliphatic rings. The molecular formula is C34H42ClN3O4. The number of hydrogen-bond acceptors (Lipinski definition) is 5. The highest BCUT2D eigenvalue weighted by atomic mass is 35.5. The number of Topliss-reactive ketones (excluding diaryl/α,β-unsaturated/α-hetero) is 1. The number of nitriles is 1. The molecule has 0 heterocycles. The van der Waals surface area contributed by atoms with E-state index in [-0.39, 0.29) is 41.5 Å². The summed E-state index contributed by atoms with van der Waals surface area (Å²) in [5.41, 5.74) is 2.33. The van der Waals surface area contributed by atoms with Crippen LogP contribution in [0.1, 0.15) is 77.7 Å². The number of hydrogen-bond donors (Lipinski definition) is 2. The molecule has 0 saturated heterocycles. The third-order valence-electron chi connectivity index (χ3n) is 11.0. The van der Waals surface area contributed by atoms with Gasteiger partial charge < -0.3 is 15.4 Å². The number of carbonyl (C=O) groups is 3. The lowest BCUT2D eigenvalue weighted by Crippen LogP contribution is -2.51. The SMILES string of the molecule is CC(=O)[C@H]1CC[C@H]2[C@@H]3CC=C4C[C@@H](OC(=O)NCCNC(=O)/C(C#N)=C/c5cccc(Cl)c5)CC[C@]4(C)[C@H]3CC[C@]12C. The van der Waals surface area contributed by atoms with E-state index >= 15 is 0 Å². The lowest BCUT2D eigenvalue weighted by Gasteiger charge is -2.58. The molecule has 5 rings (SSSR count). The summed E-state index contributed by atoms with van der Waals surface area (Å²) in [5.74, 6) is 1.96. The number of amides is 2. The van der Waals surface area contributed by atoms with E-state index in [0.717, 1.165) is 38.5 Å². The summed E-state index contributed by atoms with van der Waals surface area (Å²) in [6, 6.07) is 8.81. The van der Waals surface area contributed by atoms with Gasteiger partial charge in [0.05, 0.1) is 0 Å². The Kier molecular flexibility index (Phi) is 8.85. The van der Waals surface area contributed by atoms with Crippen LogP contribution in [0.15, 0.2) is 41.5 Å². The van der Waals surface area contributed by atoms with E-state index in [1.165, 1.54) is 24.5 Å². The Morgan fingerprint density at radius 3 is 2.62 bits per heavy atom. The molecule has 7 atom stereocenters. The Balaban J connectivity index is 1.10. The number of allylic oxidation sites excluding steroid dienone is 1. The van der Waals surface area contributed by atoms with Gasteiger partial charge in [0.15, 0.2) is 0 Å². The molecule has 0 bridgehead atoms. The highest BCUT2D eigenvalue weighted by molar-refractivity contribution is 6.30. The van der Waals surface area contributed by atoms with Crippen molar-refractivity contribution in [3.05, 3.63) is 52.1 Å². The Morgan fingerprint density at radius 1 is 1.10 bits per heavy atom. The molecule has 0 aromatic heterocycles. The van der Waals surface area contributed by atoms with Gasteiger partial charge in [-0.2, -0.15) is 5.26 Å². The zero-order valence-corrected chi connectivity index (χ0v) is 25.6. The largest absolute Gasteiger partial charge is 0.446 e. The number of nitrogens with zero attached hydrogens (tertiary/aromatic N) is 1. The second-order valence-corrected chi connectivity index (χ2v) is 13.7. The number of alkyl carbamates (subject to hydrolysis) is 1. The summed E-state index contributed by atoms with van der Waals surface area (Å²) in [7, 11) is 0. The molecule has 8 heteroatoms. The molecule has 2 amide bonds. The normalized spacial score (nSPS) is 33.6. The summed E-state index contributed by atoms with van der Waals surface area (Å²) in [6.07, 6.45) is 11.4. The van der Waals surface area contributed by atoms with Gasteiger partial charge in [-0.15, -0.1) is 0 Å². The molecule has 4 aliphatic carbocycles. The highest BCUT2D eigenvalue weighted by Crippen LogP contribution is 2.66. The maximum absolute atomic E-state index is 12.6. The topological polar surface area (TPSA) is 108 Å². The van der Waals surface area contributed by atoms with Crippen molar-refractivity contribution in [2.75, 3.05) is 13.1 Å². The molecule has 1 aromatic rings. The number of carbonyl (C=O) groups excluding carboxylic acids is 3. The predicted octanol–water partition coefficient (Wildman–Crippen LogP) is 6.63. The smallest absolute Gasteiger partial charge is 0.407 e. The molecule has 0 spiro atoms. The Morgan fingerprint density at radius 2 is 1.88 bits per heavy atom. The highest BCUT2D eigenvalue weighted by Gasteiger charge is 2.59. The molecule has 224 valence electrons.